The maximum absolute atomic E-state index is 12.8. The highest BCUT2D eigenvalue weighted by molar-refractivity contribution is 5.81. The van der Waals surface area contributed by atoms with Crippen molar-refractivity contribution in [1.29, 1.82) is 0 Å². The predicted octanol–water partition coefficient (Wildman–Crippen LogP) is 4.51. The molecule has 128 valence electrons. The van der Waals surface area contributed by atoms with Crippen LogP contribution in [0.4, 0.5) is 0 Å². The molecule has 2 atom stereocenters. The lowest BCUT2D eigenvalue weighted by Crippen LogP contribution is -2.39. The molecule has 1 amide bonds. The van der Waals surface area contributed by atoms with Gasteiger partial charge in [0, 0.05) is 29.7 Å². The van der Waals surface area contributed by atoms with Crippen LogP contribution in [0.1, 0.15) is 36.9 Å². The van der Waals surface area contributed by atoms with Gasteiger partial charge >= 0.3 is 0 Å². The standard InChI is InChI=1S/C22H24N2O/c1-16(20-15-18-10-5-6-11-19(18)23-20)21-12-7-13-24(21)22(25)14-17-8-3-2-4-9-17/h2-6,8-11,15-16,21,23H,7,12-14H2,1H3/t16-,21?/m1/s1. The van der Waals surface area contributed by atoms with Crippen LogP contribution < -0.4 is 0 Å². The van der Waals surface area contributed by atoms with Crippen LogP contribution in [0.3, 0.4) is 0 Å². The van der Waals surface area contributed by atoms with E-state index >= 15 is 0 Å². The fourth-order valence-electron chi connectivity index (χ4n) is 4.04. The first kappa shape index (κ1) is 15.9. The Bertz CT molecular complexity index is 835. The van der Waals surface area contributed by atoms with Gasteiger partial charge in [-0.1, -0.05) is 55.5 Å². The Morgan fingerprint density at radius 3 is 2.72 bits per heavy atom. The van der Waals surface area contributed by atoms with Crippen molar-refractivity contribution < 1.29 is 4.79 Å². The average Bonchev–Trinajstić information content (AvgIpc) is 3.29. The lowest BCUT2D eigenvalue weighted by atomic mass is 9.95. The average molecular weight is 332 g/mol. The fraction of sp³-hybridized carbons (Fsp3) is 0.318. The predicted molar refractivity (Wildman–Crippen MR) is 102 cm³/mol. The topological polar surface area (TPSA) is 36.1 Å². The number of nitrogens with zero attached hydrogens (tertiary/aromatic N) is 1. The summed E-state index contributed by atoms with van der Waals surface area (Å²) in [5.74, 6) is 0.561. The molecular formula is C22H24N2O. The Morgan fingerprint density at radius 2 is 1.92 bits per heavy atom. The van der Waals surface area contributed by atoms with Crippen molar-refractivity contribution in [3.8, 4) is 0 Å². The van der Waals surface area contributed by atoms with E-state index in [-0.39, 0.29) is 11.9 Å². The minimum absolute atomic E-state index is 0.247. The summed E-state index contributed by atoms with van der Waals surface area (Å²) in [5.41, 5.74) is 3.49. The third-order valence-corrected chi connectivity index (χ3v) is 5.44. The minimum Gasteiger partial charge on any atom is -0.358 e. The Morgan fingerprint density at radius 1 is 1.16 bits per heavy atom. The molecule has 1 aliphatic rings. The number of aromatic nitrogens is 1. The molecular weight excluding hydrogens is 308 g/mol. The van der Waals surface area contributed by atoms with Gasteiger partial charge in [0.25, 0.3) is 0 Å². The third-order valence-electron chi connectivity index (χ3n) is 5.44. The Balaban J connectivity index is 1.53. The van der Waals surface area contributed by atoms with Gasteiger partial charge in [-0.15, -0.1) is 0 Å². The highest BCUT2D eigenvalue weighted by Gasteiger charge is 2.33. The number of benzene rings is 2. The summed E-state index contributed by atoms with van der Waals surface area (Å²) in [4.78, 5) is 18.5. The normalized spacial score (nSPS) is 18.6. The second-order valence-corrected chi connectivity index (χ2v) is 7.06. The number of rotatable bonds is 4. The van der Waals surface area contributed by atoms with Crippen molar-refractivity contribution >= 4 is 16.8 Å². The molecule has 25 heavy (non-hydrogen) atoms. The van der Waals surface area contributed by atoms with Crippen LogP contribution in [0.15, 0.2) is 60.7 Å². The molecule has 1 saturated heterocycles. The summed E-state index contributed by atoms with van der Waals surface area (Å²) < 4.78 is 0. The molecule has 2 heterocycles. The first-order valence-corrected chi connectivity index (χ1v) is 9.13. The molecule has 0 spiro atoms. The van der Waals surface area contributed by atoms with Crippen molar-refractivity contribution in [2.75, 3.05) is 6.54 Å². The quantitative estimate of drug-likeness (QED) is 0.750. The second kappa shape index (κ2) is 6.75. The lowest BCUT2D eigenvalue weighted by molar-refractivity contribution is -0.131. The highest BCUT2D eigenvalue weighted by Crippen LogP contribution is 2.32. The molecule has 1 N–H and O–H groups in total. The van der Waals surface area contributed by atoms with E-state index in [4.69, 9.17) is 0 Å². The lowest BCUT2D eigenvalue weighted by Gasteiger charge is -2.29. The molecule has 3 aromatic rings. The molecule has 1 aliphatic heterocycles. The first-order valence-electron chi connectivity index (χ1n) is 9.13. The second-order valence-electron chi connectivity index (χ2n) is 7.06. The largest absolute Gasteiger partial charge is 0.358 e. The SMILES string of the molecule is C[C@H](c1cc2ccccc2[nH]1)C1CCCN1C(=O)Cc1ccccc1. The summed E-state index contributed by atoms with van der Waals surface area (Å²) in [7, 11) is 0. The van der Waals surface area contributed by atoms with Gasteiger partial charge in [-0.25, -0.2) is 0 Å². The van der Waals surface area contributed by atoms with Crippen molar-refractivity contribution in [2.24, 2.45) is 0 Å². The number of likely N-dealkylation sites (tertiary alicyclic amines) is 1. The molecule has 1 fully saturated rings. The maximum Gasteiger partial charge on any atom is 0.227 e. The minimum atomic E-state index is 0.247. The summed E-state index contributed by atoms with van der Waals surface area (Å²) in [6, 6.07) is 20.9. The monoisotopic (exact) mass is 332 g/mol. The van der Waals surface area contributed by atoms with Crippen LogP contribution in [-0.4, -0.2) is 28.4 Å². The Labute approximate surface area is 148 Å². The van der Waals surface area contributed by atoms with E-state index in [1.807, 2.05) is 30.3 Å². The van der Waals surface area contributed by atoms with E-state index < -0.39 is 0 Å². The molecule has 3 heteroatoms. The van der Waals surface area contributed by atoms with Crippen molar-refractivity contribution in [3.63, 3.8) is 0 Å². The van der Waals surface area contributed by atoms with Gasteiger partial charge in [0.1, 0.15) is 0 Å². The van der Waals surface area contributed by atoms with Crippen LogP contribution in [0.25, 0.3) is 10.9 Å². The number of aromatic amines is 1. The van der Waals surface area contributed by atoms with Crippen molar-refractivity contribution in [3.05, 3.63) is 71.9 Å². The maximum atomic E-state index is 12.8. The molecule has 1 aromatic heterocycles. The Kier molecular flexibility index (Phi) is 4.31. The number of para-hydroxylation sites is 1. The number of hydrogen-bond acceptors (Lipinski definition) is 1. The molecule has 0 saturated carbocycles. The third kappa shape index (κ3) is 3.19. The summed E-state index contributed by atoms with van der Waals surface area (Å²) in [6.07, 6.45) is 2.67. The zero-order chi connectivity index (χ0) is 17.2. The molecule has 0 bridgehead atoms. The van der Waals surface area contributed by atoms with Gasteiger partial charge in [0.15, 0.2) is 0 Å². The van der Waals surface area contributed by atoms with Gasteiger partial charge in [-0.3, -0.25) is 4.79 Å². The summed E-state index contributed by atoms with van der Waals surface area (Å²) >= 11 is 0. The van der Waals surface area contributed by atoms with Gasteiger partial charge in [0.05, 0.1) is 6.42 Å². The number of H-pyrrole nitrogens is 1. The summed E-state index contributed by atoms with van der Waals surface area (Å²) in [5, 5.41) is 1.24. The molecule has 4 rings (SSSR count). The molecule has 3 nitrogen and oxygen atoms in total. The highest BCUT2D eigenvalue weighted by atomic mass is 16.2. The smallest absolute Gasteiger partial charge is 0.227 e. The zero-order valence-corrected chi connectivity index (χ0v) is 14.6. The van der Waals surface area contributed by atoms with Gasteiger partial charge in [0.2, 0.25) is 5.91 Å². The number of amides is 1. The molecule has 2 aromatic carbocycles. The summed E-state index contributed by atoms with van der Waals surface area (Å²) in [6.45, 7) is 3.12. The first-order chi connectivity index (χ1) is 12.2. The van der Waals surface area contributed by atoms with Crippen LogP contribution in [0.5, 0.6) is 0 Å². The van der Waals surface area contributed by atoms with E-state index in [9.17, 15) is 4.79 Å². The van der Waals surface area contributed by atoms with E-state index in [2.05, 4.69) is 47.1 Å². The zero-order valence-electron chi connectivity index (χ0n) is 14.6. The van der Waals surface area contributed by atoms with Crippen molar-refractivity contribution in [2.45, 2.75) is 38.1 Å². The van der Waals surface area contributed by atoms with Crippen LogP contribution in [0, 0.1) is 0 Å². The van der Waals surface area contributed by atoms with Crippen molar-refractivity contribution in [1.82, 2.24) is 9.88 Å². The van der Waals surface area contributed by atoms with Gasteiger partial charge < -0.3 is 9.88 Å². The molecule has 0 aliphatic carbocycles. The molecule has 0 radical (unpaired) electrons. The van der Waals surface area contributed by atoms with Gasteiger partial charge in [-0.2, -0.15) is 0 Å². The number of fused-ring (bicyclic) bond motifs is 1. The number of carbonyl (C=O) groups is 1. The van der Waals surface area contributed by atoms with Crippen LogP contribution >= 0.6 is 0 Å². The van der Waals surface area contributed by atoms with E-state index in [0.29, 0.717) is 12.3 Å². The number of hydrogen-bond donors (Lipinski definition) is 1. The molecule has 1 unspecified atom stereocenters. The van der Waals surface area contributed by atoms with E-state index in [1.54, 1.807) is 0 Å². The van der Waals surface area contributed by atoms with Gasteiger partial charge in [-0.05, 0) is 35.9 Å². The number of carbonyl (C=O) groups excluding carboxylic acids is 1. The number of nitrogens with one attached hydrogen (secondary N) is 1. The van der Waals surface area contributed by atoms with Crippen LogP contribution in [0.2, 0.25) is 0 Å². The van der Waals surface area contributed by atoms with E-state index in [1.165, 1.54) is 16.6 Å². The fourth-order valence-corrected chi connectivity index (χ4v) is 4.04. The van der Waals surface area contributed by atoms with E-state index in [0.717, 1.165) is 24.9 Å². The van der Waals surface area contributed by atoms with Crippen LogP contribution in [-0.2, 0) is 11.2 Å². The Hall–Kier alpha value is -2.55.